The molecule has 8 heteroatoms. The van der Waals surface area contributed by atoms with Gasteiger partial charge in [-0.25, -0.2) is 9.69 Å². The molecule has 7 nitrogen and oxygen atoms in total. The van der Waals surface area contributed by atoms with Crippen LogP contribution in [0.1, 0.15) is 50.0 Å². The molecular weight excluding hydrogens is 480 g/mol. The number of halogens is 1. The summed E-state index contributed by atoms with van der Waals surface area (Å²) >= 11 is 6.14. The number of ether oxygens (including phenoxy) is 1. The van der Waals surface area contributed by atoms with E-state index in [1.165, 1.54) is 31.4 Å². The van der Waals surface area contributed by atoms with Crippen LogP contribution in [0.3, 0.4) is 0 Å². The zero-order valence-electron chi connectivity index (χ0n) is 21.2. The van der Waals surface area contributed by atoms with Gasteiger partial charge in [0.1, 0.15) is 6.04 Å². The number of rotatable bonds is 7. The molecule has 190 valence electrons. The van der Waals surface area contributed by atoms with E-state index < -0.39 is 17.9 Å². The molecule has 1 heterocycles. The Morgan fingerprint density at radius 1 is 1.06 bits per heavy atom. The van der Waals surface area contributed by atoms with Crippen molar-refractivity contribution < 1.29 is 23.9 Å². The summed E-state index contributed by atoms with van der Waals surface area (Å²) in [5.74, 6) is -1.69. The summed E-state index contributed by atoms with van der Waals surface area (Å²) in [6.07, 6.45) is 0.415. The molecule has 1 aliphatic carbocycles. The van der Waals surface area contributed by atoms with Gasteiger partial charge in [0.2, 0.25) is 11.8 Å². The number of nitrogens with zero attached hydrogens (tertiary/aromatic N) is 2. The second kappa shape index (κ2) is 9.36. The first-order valence-electron chi connectivity index (χ1n) is 12.0. The molecule has 0 bridgehead atoms. The van der Waals surface area contributed by atoms with Crippen LogP contribution in [0.15, 0.2) is 48.5 Å². The van der Waals surface area contributed by atoms with Crippen molar-refractivity contribution in [2.45, 2.75) is 46.6 Å². The van der Waals surface area contributed by atoms with Crippen molar-refractivity contribution in [2.24, 2.45) is 16.7 Å². The third-order valence-corrected chi connectivity index (χ3v) is 8.36. The Bertz CT molecular complexity index is 1210. The van der Waals surface area contributed by atoms with E-state index in [1.807, 2.05) is 18.2 Å². The molecular formula is C28H31ClN2O5. The lowest BCUT2D eigenvalue weighted by molar-refractivity contribution is -0.140. The maximum absolute atomic E-state index is 13.8. The Hall–Kier alpha value is -3.19. The highest BCUT2D eigenvalue weighted by Crippen LogP contribution is 2.69. The van der Waals surface area contributed by atoms with Crippen molar-refractivity contribution >= 4 is 41.0 Å². The van der Waals surface area contributed by atoms with Gasteiger partial charge < -0.3 is 9.64 Å². The molecule has 2 fully saturated rings. The van der Waals surface area contributed by atoms with Crippen LogP contribution >= 0.6 is 11.6 Å². The molecule has 1 saturated carbocycles. The average Bonchev–Trinajstić information content (AvgIpc) is 3.06. The molecule has 2 aromatic rings. The number of imide groups is 1. The van der Waals surface area contributed by atoms with Crippen molar-refractivity contribution in [1.29, 1.82) is 0 Å². The molecule has 1 unspecified atom stereocenters. The fourth-order valence-electron chi connectivity index (χ4n) is 5.34. The van der Waals surface area contributed by atoms with Gasteiger partial charge in [-0.15, -0.1) is 0 Å². The fourth-order valence-corrected chi connectivity index (χ4v) is 5.55. The number of benzene rings is 2. The van der Waals surface area contributed by atoms with E-state index in [1.54, 1.807) is 11.0 Å². The molecule has 0 radical (unpaired) electrons. The second-order valence-electron chi connectivity index (χ2n) is 10.6. The first-order chi connectivity index (χ1) is 16.9. The molecule has 0 N–H and O–H groups in total. The highest BCUT2D eigenvalue weighted by atomic mass is 35.5. The standard InChI is InChI=1S/C28H31ClN2O5/c1-27(2)23(28(27,3)4)25(34)30(14-13-17-7-6-8-19(29)15-17)21-16-22(32)31(24(21)33)20-11-9-18(10-12-20)26(35)36-5/h6-12,15,21,23H,13-14,16H2,1-5H3. The van der Waals surface area contributed by atoms with E-state index >= 15 is 0 Å². The highest BCUT2D eigenvalue weighted by Gasteiger charge is 2.69. The monoisotopic (exact) mass is 510 g/mol. The van der Waals surface area contributed by atoms with Crippen LogP contribution in [-0.4, -0.2) is 48.3 Å². The van der Waals surface area contributed by atoms with Crippen LogP contribution in [0.2, 0.25) is 5.02 Å². The average molecular weight is 511 g/mol. The number of anilines is 1. The smallest absolute Gasteiger partial charge is 0.337 e. The maximum atomic E-state index is 13.8. The molecule has 1 saturated heterocycles. The van der Waals surface area contributed by atoms with Crippen LogP contribution in [0, 0.1) is 16.7 Å². The Labute approximate surface area is 216 Å². The lowest BCUT2D eigenvalue weighted by atomic mass is 10.0. The summed E-state index contributed by atoms with van der Waals surface area (Å²) in [4.78, 5) is 54.9. The zero-order valence-corrected chi connectivity index (χ0v) is 22.0. The molecule has 3 amide bonds. The van der Waals surface area contributed by atoms with Crippen LogP contribution < -0.4 is 4.90 Å². The largest absolute Gasteiger partial charge is 0.465 e. The minimum atomic E-state index is -0.892. The topological polar surface area (TPSA) is 84.0 Å². The van der Waals surface area contributed by atoms with E-state index in [0.29, 0.717) is 29.2 Å². The number of amides is 3. The number of hydrogen-bond donors (Lipinski definition) is 0. The lowest BCUT2D eigenvalue weighted by Gasteiger charge is -2.29. The van der Waals surface area contributed by atoms with Gasteiger partial charge in [-0.3, -0.25) is 14.4 Å². The summed E-state index contributed by atoms with van der Waals surface area (Å²) in [7, 11) is 1.28. The number of carbonyl (C=O) groups is 4. The van der Waals surface area contributed by atoms with Crippen LogP contribution in [0.5, 0.6) is 0 Å². The second-order valence-corrected chi connectivity index (χ2v) is 11.1. The van der Waals surface area contributed by atoms with E-state index in [-0.39, 0.29) is 35.0 Å². The van der Waals surface area contributed by atoms with Crippen molar-refractivity contribution in [1.82, 2.24) is 4.90 Å². The number of esters is 1. The van der Waals surface area contributed by atoms with Gasteiger partial charge in [0.15, 0.2) is 0 Å². The molecule has 4 rings (SSSR count). The SMILES string of the molecule is COC(=O)c1ccc(N2C(=O)CC(N(CCc3cccc(Cl)c3)C(=O)C3C(C)(C)C3(C)C)C2=O)cc1. The Morgan fingerprint density at radius 2 is 1.69 bits per heavy atom. The van der Waals surface area contributed by atoms with Crippen molar-refractivity contribution in [3.05, 3.63) is 64.7 Å². The molecule has 1 atom stereocenters. The van der Waals surface area contributed by atoms with Crippen molar-refractivity contribution in [3.8, 4) is 0 Å². The minimum absolute atomic E-state index is 0.0908. The van der Waals surface area contributed by atoms with E-state index in [2.05, 4.69) is 27.7 Å². The minimum Gasteiger partial charge on any atom is -0.465 e. The normalized spacial score (nSPS) is 20.4. The van der Waals surface area contributed by atoms with Crippen LogP contribution in [0.4, 0.5) is 5.69 Å². The summed E-state index contributed by atoms with van der Waals surface area (Å²) in [6, 6.07) is 12.6. The van der Waals surface area contributed by atoms with Gasteiger partial charge in [-0.1, -0.05) is 51.4 Å². The third-order valence-electron chi connectivity index (χ3n) is 8.13. The van der Waals surface area contributed by atoms with Crippen molar-refractivity contribution in [3.63, 3.8) is 0 Å². The van der Waals surface area contributed by atoms with E-state index in [9.17, 15) is 19.2 Å². The van der Waals surface area contributed by atoms with Gasteiger partial charge in [-0.2, -0.15) is 0 Å². The first kappa shape index (κ1) is 25.9. The highest BCUT2D eigenvalue weighted by molar-refractivity contribution is 6.30. The molecule has 36 heavy (non-hydrogen) atoms. The van der Waals surface area contributed by atoms with Gasteiger partial charge in [0.25, 0.3) is 5.91 Å². The van der Waals surface area contributed by atoms with E-state index in [0.717, 1.165) is 10.5 Å². The Kier molecular flexibility index (Phi) is 6.73. The fraction of sp³-hybridized carbons (Fsp3) is 0.429. The van der Waals surface area contributed by atoms with Crippen molar-refractivity contribution in [2.75, 3.05) is 18.6 Å². The molecule has 0 aromatic heterocycles. The summed E-state index contributed by atoms with van der Waals surface area (Å²) in [6.45, 7) is 8.52. The molecule has 0 spiro atoms. The zero-order chi connectivity index (χ0) is 26.4. The molecule has 2 aliphatic rings. The Morgan fingerprint density at radius 3 is 2.25 bits per heavy atom. The third kappa shape index (κ3) is 4.41. The first-order valence-corrected chi connectivity index (χ1v) is 12.4. The number of methoxy groups -OCH3 is 1. The quantitative estimate of drug-likeness (QED) is 0.404. The van der Waals surface area contributed by atoms with E-state index in [4.69, 9.17) is 16.3 Å². The van der Waals surface area contributed by atoms with Gasteiger partial charge >= 0.3 is 5.97 Å². The summed E-state index contributed by atoms with van der Waals surface area (Å²) in [5, 5.41) is 0.600. The number of carbonyl (C=O) groups excluding carboxylic acids is 4. The maximum Gasteiger partial charge on any atom is 0.337 e. The molecule has 1 aliphatic heterocycles. The predicted octanol–water partition coefficient (Wildman–Crippen LogP) is 4.51. The van der Waals surface area contributed by atoms with Crippen LogP contribution in [0.25, 0.3) is 0 Å². The van der Waals surface area contributed by atoms with Gasteiger partial charge in [-0.05, 0) is 59.2 Å². The summed E-state index contributed by atoms with van der Waals surface area (Å²) in [5.41, 5.74) is 1.19. The van der Waals surface area contributed by atoms with Gasteiger partial charge in [0, 0.05) is 17.5 Å². The lowest BCUT2D eigenvalue weighted by Crippen LogP contribution is -2.47. The van der Waals surface area contributed by atoms with Gasteiger partial charge in [0.05, 0.1) is 24.8 Å². The van der Waals surface area contributed by atoms with Crippen LogP contribution in [-0.2, 0) is 25.5 Å². The summed E-state index contributed by atoms with van der Waals surface area (Å²) < 4.78 is 4.71. The predicted molar refractivity (Wildman–Crippen MR) is 137 cm³/mol. The molecule has 2 aromatic carbocycles. The Balaban J connectivity index is 1.61. The number of hydrogen-bond acceptors (Lipinski definition) is 5.